The van der Waals surface area contributed by atoms with Gasteiger partial charge in [-0.3, -0.25) is 0 Å². The number of aryl methyl sites for hydroxylation is 1. The first-order valence-corrected chi connectivity index (χ1v) is 9.32. The van der Waals surface area contributed by atoms with Crippen LogP contribution < -0.4 is 4.90 Å². The lowest BCUT2D eigenvalue weighted by molar-refractivity contribution is 0.0223. The van der Waals surface area contributed by atoms with Crippen molar-refractivity contribution in [1.29, 1.82) is 5.26 Å². The number of fused-ring (bicyclic) bond motifs is 1. The highest BCUT2D eigenvalue weighted by Crippen LogP contribution is 2.44. The molecule has 9 heteroatoms. The number of carboxylic acid groups (broad SMARTS) is 1. The number of nitriles is 1. The van der Waals surface area contributed by atoms with Crippen LogP contribution in [-0.2, 0) is 6.42 Å². The van der Waals surface area contributed by atoms with Crippen molar-refractivity contribution in [3.8, 4) is 6.07 Å². The monoisotopic (exact) mass is 414 g/mol. The maximum Gasteiger partial charge on any atom is 0.339 e. The van der Waals surface area contributed by atoms with Gasteiger partial charge in [-0.05, 0) is 42.3 Å². The number of rotatable bonds is 4. The van der Waals surface area contributed by atoms with E-state index in [0.717, 1.165) is 12.1 Å². The van der Waals surface area contributed by atoms with Crippen LogP contribution in [0.3, 0.4) is 0 Å². The summed E-state index contributed by atoms with van der Waals surface area (Å²) in [5.74, 6) is -4.85. The van der Waals surface area contributed by atoms with Gasteiger partial charge in [0.1, 0.15) is 11.4 Å². The smallest absolute Gasteiger partial charge is 0.339 e. The molecule has 0 bridgehead atoms. The standard InChI is InChI=1S/C21H17F3N4O2/c1-2-16-19(20(29)30)17-8-15(3-4-28(17)26-16)27-11-21(23,24)9-18(27)13-5-12(10-25)6-14(22)7-13/h3-8,18H,2,9,11H2,1H3,(H,29,30)/t18-/m1/s1. The van der Waals surface area contributed by atoms with Crippen molar-refractivity contribution in [2.45, 2.75) is 31.7 Å². The van der Waals surface area contributed by atoms with Gasteiger partial charge >= 0.3 is 5.97 Å². The van der Waals surface area contributed by atoms with Gasteiger partial charge < -0.3 is 10.0 Å². The highest BCUT2D eigenvalue weighted by Gasteiger charge is 2.46. The van der Waals surface area contributed by atoms with Crippen molar-refractivity contribution >= 4 is 17.2 Å². The summed E-state index contributed by atoms with van der Waals surface area (Å²) >= 11 is 0. The molecule has 30 heavy (non-hydrogen) atoms. The fourth-order valence-electron chi connectivity index (χ4n) is 4.00. The van der Waals surface area contributed by atoms with Crippen molar-refractivity contribution in [2.24, 2.45) is 0 Å². The lowest BCUT2D eigenvalue weighted by Crippen LogP contribution is -2.26. The molecule has 154 valence electrons. The number of anilines is 1. The molecule has 0 unspecified atom stereocenters. The van der Waals surface area contributed by atoms with E-state index in [0.29, 0.717) is 23.3 Å². The second kappa shape index (κ2) is 7.06. The maximum absolute atomic E-state index is 14.4. The molecule has 0 radical (unpaired) electrons. The zero-order valence-electron chi connectivity index (χ0n) is 15.9. The number of aromatic carboxylic acids is 1. The second-order valence-electron chi connectivity index (χ2n) is 7.28. The molecule has 1 fully saturated rings. The van der Waals surface area contributed by atoms with Gasteiger partial charge in [0.25, 0.3) is 5.92 Å². The molecule has 0 saturated carbocycles. The number of nitrogens with zero attached hydrogens (tertiary/aromatic N) is 4. The van der Waals surface area contributed by atoms with Crippen LogP contribution in [0.1, 0.15) is 46.6 Å². The van der Waals surface area contributed by atoms with Crippen LogP contribution in [0.15, 0.2) is 36.5 Å². The predicted octanol–water partition coefficient (Wildman–Crippen LogP) is 4.19. The molecule has 0 aliphatic carbocycles. The first-order chi connectivity index (χ1) is 14.2. The van der Waals surface area contributed by atoms with E-state index >= 15 is 0 Å². The molecule has 0 amide bonds. The Labute approximate surface area is 169 Å². The molecule has 0 spiro atoms. The molecule has 4 rings (SSSR count). The summed E-state index contributed by atoms with van der Waals surface area (Å²) in [6, 6.07) is 7.65. The normalized spacial score (nSPS) is 18.0. The van der Waals surface area contributed by atoms with Crippen LogP contribution in [0.5, 0.6) is 0 Å². The van der Waals surface area contributed by atoms with E-state index in [2.05, 4.69) is 5.10 Å². The Kier molecular flexibility index (Phi) is 4.65. The van der Waals surface area contributed by atoms with Crippen LogP contribution in [-0.4, -0.2) is 33.2 Å². The van der Waals surface area contributed by atoms with Crippen molar-refractivity contribution in [1.82, 2.24) is 9.61 Å². The number of carbonyl (C=O) groups is 1. The third-order valence-corrected chi connectivity index (χ3v) is 5.28. The van der Waals surface area contributed by atoms with Gasteiger partial charge in [-0.25, -0.2) is 22.5 Å². The largest absolute Gasteiger partial charge is 0.478 e. The summed E-state index contributed by atoms with van der Waals surface area (Å²) in [7, 11) is 0. The van der Waals surface area contributed by atoms with Gasteiger partial charge in [0, 0.05) is 18.3 Å². The number of alkyl halides is 2. The maximum atomic E-state index is 14.4. The highest BCUT2D eigenvalue weighted by atomic mass is 19.3. The lowest BCUT2D eigenvalue weighted by Gasteiger charge is -2.26. The van der Waals surface area contributed by atoms with Crippen molar-refractivity contribution in [3.05, 3.63) is 64.7 Å². The molecule has 1 aromatic carbocycles. The van der Waals surface area contributed by atoms with Crippen molar-refractivity contribution < 1.29 is 23.1 Å². The van der Waals surface area contributed by atoms with E-state index in [9.17, 15) is 23.1 Å². The Morgan fingerprint density at radius 1 is 1.37 bits per heavy atom. The van der Waals surface area contributed by atoms with Gasteiger partial charge in [0.2, 0.25) is 0 Å². The first kappa shape index (κ1) is 19.8. The first-order valence-electron chi connectivity index (χ1n) is 9.32. The Hall–Kier alpha value is -3.54. The van der Waals surface area contributed by atoms with E-state index in [1.165, 1.54) is 27.7 Å². The van der Waals surface area contributed by atoms with E-state index in [-0.39, 0.29) is 16.7 Å². The second-order valence-corrected chi connectivity index (χ2v) is 7.28. The summed E-state index contributed by atoms with van der Waals surface area (Å²) < 4.78 is 44.1. The van der Waals surface area contributed by atoms with E-state index in [1.807, 2.05) is 6.07 Å². The summed E-state index contributed by atoms with van der Waals surface area (Å²) in [6.07, 6.45) is 1.39. The average Bonchev–Trinajstić information content (AvgIpc) is 3.23. The van der Waals surface area contributed by atoms with Crippen molar-refractivity contribution in [2.75, 3.05) is 11.4 Å². The fourth-order valence-corrected chi connectivity index (χ4v) is 4.00. The van der Waals surface area contributed by atoms with Gasteiger partial charge in [-0.2, -0.15) is 10.4 Å². The van der Waals surface area contributed by atoms with Crippen LogP contribution in [0.4, 0.5) is 18.9 Å². The summed E-state index contributed by atoms with van der Waals surface area (Å²) in [6.45, 7) is 1.17. The molecular formula is C21H17F3N4O2. The summed E-state index contributed by atoms with van der Waals surface area (Å²) in [4.78, 5) is 13.1. The van der Waals surface area contributed by atoms with Crippen LogP contribution in [0, 0.1) is 17.1 Å². The topological polar surface area (TPSA) is 81.6 Å². The molecular weight excluding hydrogens is 397 g/mol. The van der Waals surface area contributed by atoms with E-state index < -0.39 is 36.7 Å². The van der Waals surface area contributed by atoms with Gasteiger partial charge in [-0.1, -0.05) is 6.92 Å². The molecule has 1 aliphatic heterocycles. The number of benzene rings is 1. The predicted molar refractivity (Wildman–Crippen MR) is 102 cm³/mol. The van der Waals surface area contributed by atoms with Gasteiger partial charge in [0.05, 0.1) is 35.4 Å². The summed E-state index contributed by atoms with van der Waals surface area (Å²) in [5.41, 5.74) is 1.41. The van der Waals surface area contributed by atoms with Crippen molar-refractivity contribution in [3.63, 3.8) is 0 Å². The van der Waals surface area contributed by atoms with Gasteiger partial charge in [0.15, 0.2) is 0 Å². The number of aromatic nitrogens is 2. The third kappa shape index (κ3) is 3.34. The Balaban J connectivity index is 1.84. The van der Waals surface area contributed by atoms with Crippen LogP contribution >= 0.6 is 0 Å². The number of hydrogen-bond donors (Lipinski definition) is 1. The minimum atomic E-state index is -3.03. The Bertz CT molecular complexity index is 1200. The van der Waals surface area contributed by atoms with Crippen LogP contribution in [0.25, 0.3) is 5.52 Å². The minimum Gasteiger partial charge on any atom is -0.478 e. The number of carboxylic acids is 1. The average molecular weight is 414 g/mol. The highest BCUT2D eigenvalue weighted by molar-refractivity contribution is 5.97. The third-order valence-electron chi connectivity index (χ3n) is 5.28. The zero-order chi connectivity index (χ0) is 21.6. The molecule has 1 aliphatic rings. The molecule has 1 atom stereocenters. The Morgan fingerprint density at radius 2 is 2.13 bits per heavy atom. The summed E-state index contributed by atoms with van der Waals surface area (Å²) in [5, 5.41) is 22.9. The number of pyridine rings is 1. The zero-order valence-corrected chi connectivity index (χ0v) is 15.9. The minimum absolute atomic E-state index is 0.0272. The van der Waals surface area contributed by atoms with Crippen LogP contribution in [0.2, 0.25) is 0 Å². The van der Waals surface area contributed by atoms with E-state index in [1.54, 1.807) is 13.0 Å². The van der Waals surface area contributed by atoms with Gasteiger partial charge in [-0.15, -0.1) is 0 Å². The molecule has 3 aromatic rings. The molecule has 3 heterocycles. The lowest BCUT2D eigenvalue weighted by atomic mass is 10.0. The number of halogens is 3. The molecule has 1 saturated heterocycles. The van der Waals surface area contributed by atoms with E-state index in [4.69, 9.17) is 5.26 Å². The quantitative estimate of drug-likeness (QED) is 0.692. The number of hydrogen-bond acceptors (Lipinski definition) is 4. The fraction of sp³-hybridized carbons (Fsp3) is 0.286. The SMILES string of the molecule is CCc1nn2ccc(N3CC(F)(F)C[C@@H]3c3cc(F)cc(C#N)c3)cc2c1C(=O)O. The molecule has 1 N–H and O–H groups in total. The Morgan fingerprint density at radius 3 is 2.80 bits per heavy atom. The molecule has 2 aromatic heterocycles. The molecule has 6 nitrogen and oxygen atoms in total.